The number of terminal acetylenes is 1. The van der Waals surface area contributed by atoms with Gasteiger partial charge < -0.3 is 0 Å². The van der Waals surface area contributed by atoms with Crippen LogP contribution in [0.25, 0.3) is 0 Å². The fraction of sp³-hybridized carbons (Fsp3) is 0.444. The maximum atomic E-state index is 5.25. The molecule has 98 valence electrons. The molecule has 0 amide bonds. The van der Waals surface area contributed by atoms with Crippen LogP contribution in [0.4, 0.5) is 0 Å². The Hall–Kier alpha value is -1.48. The summed E-state index contributed by atoms with van der Waals surface area (Å²) in [5.41, 5.74) is 4.17. The van der Waals surface area contributed by atoms with Crippen molar-refractivity contribution in [3.8, 4) is 12.3 Å². The first-order valence-corrected chi connectivity index (χ1v) is 6.65. The SMILES string of the molecule is C#CC/C=C\C(C)=C(/C)C(CC)/C(C)=C\C=C/C. The molecule has 0 aliphatic carbocycles. The number of hydrogen-bond acceptors (Lipinski definition) is 0. The van der Waals surface area contributed by atoms with E-state index in [1.165, 1.54) is 16.7 Å². The van der Waals surface area contributed by atoms with Crippen molar-refractivity contribution in [1.29, 1.82) is 0 Å². The molecule has 0 aromatic rings. The van der Waals surface area contributed by atoms with Gasteiger partial charge in [-0.15, -0.1) is 12.3 Å². The summed E-state index contributed by atoms with van der Waals surface area (Å²) in [6.45, 7) is 10.9. The molecule has 0 aromatic carbocycles. The maximum Gasteiger partial charge on any atom is 0.0270 e. The summed E-state index contributed by atoms with van der Waals surface area (Å²) in [5, 5.41) is 0. The van der Waals surface area contributed by atoms with E-state index >= 15 is 0 Å². The summed E-state index contributed by atoms with van der Waals surface area (Å²) >= 11 is 0. The molecule has 0 rings (SSSR count). The molecule has 0 N–H and O–H groups in total. The molecule has 0 aromatic heterocycles. The van der Waals surface area contributed by atoms with Gasteiger partial charge in [0.1, 0.15) is 0 Å². The van der Waals surface area contributed by atoms with Crippen LogP contribution in [0.3, 0.4) is 0 Å². The number of rotatable bonds is 6. The van der Waals surface area contributed by atoms with E-state index in [2.05, 4.69) is 64.0 Å². The van der Waals surface area contributed by atoms with Gasteiger partial charge in [-0.05, 0) is 34.1 Å². The number of hydrogen-bond donors (Lipinski definition) is 0. The summed E-state index contributed by atoms with van der Waals surface area (Å²) in [4.78, 5) is 0. The van der Waals surface area contributed by atoms with E-state index in [4.69, 9.17) is 6.42 Å². The minimum Gasteiger partial charge on any atom is -0.120 e. The van der Waals surface area contributed by atoms with Crippen LogP contribution < -0.4 is 0 Å². The minimum atomic E-state index is 0.525. The van der Waals surface area contributed by atoms with Gasteiger partial charge in [0.15, 0.2) is 0 Å². The van der Waals surface area contributed by atoms with Gasteiger partial charge in [0.25, 0.3) is 0 Å². The Morgan fingerprint density at radius 1 is 1.28 bits per heavy atom. The van der Waals surface area contributed by atoms with Crippen molar-refractivity contribution in [2.45, 2.75) is 47.5 Å². The normalized spacial score (nSPS) is 15.9. The Bertz CT molecular complexity index is 394. The van der Waals surface area contributed by atoms with Crippen LogP contribution in [0.2, 0.25) is 0 Å². The van der Waals surface area contributed by atoms with E-state index in [1.807, 2.05) is 6.92 Å². The van der Waals surface area contributed by atoms with E-state index < -0.39 is 0 Å². The van der Waals surface area contributed by atoms with E-state index in [0.29, 0.717) is 12.3 Å². The predicted molar refractivity (Wildman–Crippen MR) is 83.3 cm³/mol. The van der Waals surface area contributed by atoms with E-state index in [9.17, 15) is 0 Å². The first-order valence-electron chi connectivity index (χ1n) is 6.65. The van der Waals surface area contributed by atoms with Crippen molar-refractivity contribution < 1.29 is 0 Å². The lowest BCUT2D eigenvalue weighted by atomic mass is 9.87. The van der Waals surface area contributed by atoms with Crippen LogP contribution >= 0.6 is 0 Å². The molecule has 0 saturated carbocycles. The molecule has 1 unspecified atom stereocenters. The summed E-state index contributed by atoms with van der Waals surface area (Å²) in [6.07, 6.45) is 17.6. The summed E-state index contributed by atoms with van der Waals surface area (Å²) in [6, 6.07) is 0. The molecule has 0 heterocycles. The van der Waals surface area contributed by atoms with Crippen molar-refractivity contribution >= 4 is 0 Å². The molecule has 0 aliphatic heterocycles. The summed E-state index contributed by atoms with van der Waals surface area (Å²) in [7, 11) is 0. The van der Waals surface area contributed by atoms with Crippen LogP contribution in [0.5, 0.6) is 0 Å². The molecule has 0 spiro atoms. The highest BCUT2D eigenvalue weighted by molar-refractivity contribution is 5.30. The van der Waals surface area contributed by atoms with Gasteiger partial charge in [-0.25, -0.2) is 0 Å². The van der Waals surface area contributed by atoms with Gasteiger partial charge in [-0.1, -0.05) is 54.0 Å². The van der Waals surface area contributed by atoms with E-state index in [0.717, 1.165) is 6.42 Å². The molecular formula is C18H26. The predicted octanol–water partition coefficient (Wildman–Crippen LogP) is 5.45. The van der Waals surface area contributed by atoms with Gasteiger partial charge in [-0.3, -0.25) is 0 Å². The van der Waals surface area contributed by atoms with Crippen molar-refractivity contribution in [3.63, 3.8) is 0 Å². The first kappa shape index (κ1) is 16.5. The average molecular weight is 242 g/mol. The fourth-order valence-corrected chi connectivity index (χ4v) is 2.04. The Kier molecular flexibility index (Phi) is 8.76. The summed E-state index contributed by atoms with van der Waals surface area (Å²) in [5.74, 6) is 3.15. The minimum absolute atomic E-state index is 0.525. The van der Waals surface area contributed by atoms with Crippen molar-refractivity contribution in [2.24, 2.45) is 5.92 Å². The zero-order chi connectivity index (χ0) is 14.0. The first-order chi connectivity index (χ1) is 8.58. The third-order valence-corrected chi connectivity index (χ3v) is 3.26. The second-order valence-corrected chi connectivity index (χ2v) is 4.57. The largest absolute Gasteiger partial charge is 0.120 e. The van der Waals surface area contributed by atoms with Crippen molar-refractivity contribution in [3.05, 3.63) is 47.1 Å². The molecule has 0 heteroatoms. The Labute approximate surface area is 113 Å². The zero-order valence-electron chi connectivity index (χ0n) is 12.5. The van der Waals surface area contributed by atoms with Crippen LogP contribution in [-0.4, -0.2) is 0 Å². The van der Waals surface area contributed by atoms with Crippen LogP contribution in [0.15, 0.2) is 47.1 Å². The lowest BCUT2D eigenvalue weighted by Crippen LogP contribution is -2.04. The van der Waals surface area contributed by atoms with E-state index in [1.54, 1.807) is 0 Å². The van der Waals surface area contributed by atoms with Gasteiger partial charge >= 0.3 is 0 Å². The molecule has 18 heavy (non-hydrogen) atoms. The van der Waals surface area contributed by atoms with Crippen molar-refractivity contribution in [1.82, 2.24) is 0 Å². The Morgan fingerprint density at radius 3 is 2.44 bits per heavy atom. The molecule has 0 fully saturated rings. The lowest BCUT2D eigenvalue weighted by Gasteiger charge is -2.18. The zero-order valence-corrected chi connectivity index (χ0v) is 12.5. The highest BCUT2D eigenvalue weighted by Crippen LogP contribution is 2.26. The Morgan fingerprint density at radius 2 is 1.94 bits per heavy atom. The smallest absolute Gasteiger partial charge is 0.0270 e. The second-order valence-electron chi connectivity index (χ2n) is 4.57. The topological polar surface area (TPSA) is 0 Å². The highest BCUT2D eigenvalue weighted by atomic mass is 14.2. The second kappa shape index (κ2) is 9.54. The molecule has 0 bridgehead atoms. The monoisotopic (exact) mass is 242 g/mol. The van der Waals surface area contributed by atoms with Crippen LogP contribution in [0.1, 0.15) is 47.5 Å². The van der Waals surface area contributed by atoms with Gasteiger partial charge in [0.2, 0.25) is 0 Å². The molecule has 0 saturated heterocycles. The molecule has 0 aliphatic rings. The lowest BCUT2D eigenvalue weighted by molar-refractivity contribution is 0.678. The highest BCUT2D eigenvalue weighted by Gasteiger charge is 2.11. The van der Waals surface area contributed by atoms with Crippen molar-refractivity contribution in [2.75, 3.05) is 0 Å². The summed E-state index contributed by atoms with van der Waals surface area (Å²) < 4.78 is 0. The Balaban J connectivity index is 5.05. The third-order valence-electron chi connectivity index (χ3n) is 3.26. The molecule has 0 nitrogen and oxygen atoms in total. The van der Waals surface area contributed by atoms with Crippen LogP contribution in [-0.2, 0) is 0 Å². The number of allylic oxidation sites excluding steroid dienone is 8. The van der Waals surface area contributed by atoms with Gasteiger partial charge in [-0.2, -0.15) is 0 Å². The van der Waals surface area contributed by atoms with Crippen LogP contribution in [0, 0.1) is 18.3 Å². The quantitative estimate of drug-likeness (QED) is 0.429. The fourth-order valence-electron chi connectivity index (χ4n) is 2.04. The molecule has 0 radical (unpaired) electrons. The maximum absolute atomic E-state index is 5.25. The average Bonchev–Trinajstić information content (AvgIpc) is 2.37. The van der Waals surface area contributed by atoms with Gasteiger partial charge in [0.05, 0.1) is 0 Å². The third kappa shape index (κ3) is 5.73. The van der Waals surface area contributed by atoms with E-state index in [-0.39, 0.29) is 0 Å². The van der Waals surface area contributed by atoms with Gasteiger partial charge in [0, 0.05) is 12.3 Å². The molecular weight excluding hydrogens is 216 g/mol. The standard InChI is InChI=1S/C18H26/c1-7-10-12-14-15(4)17(6)18(9-3)16(5)13-11-8-2/h1,8,11-14,18H,9-10H2,2-6H3/b11-8-,14-12-,16-13-,17-15+. The molecule has 1 atom stereocenters.